The third-order valence-electron chi connectivity index (χ3n) is 2.08. The number of hydrogen-bond donors (Lipinski definition) is 2. The third-order valence-corrected chi connectivity index (χ3v) is 2.08. The average Bonchev–Trinajstić information content (AvgIpc) is 2.07. The van der Waals surface area contributed by atoms with Crippen LogP contribution in [0.3, 0.4) is 0 Å². The zero-order valence-corrected chi connectivity index (χ0v) is 6.38. The first-order chi connectivity index (χ1) is 5.34. The maximum Gasteiger partial charge on any atom is 0.330 e. The van der Waals surface area contributed by atoms with Crippen LogP contribution in [-0.4, -0.2) is 11.2 Å². The number of nitrogens with one attached hydrogen (secondary N) is 1. The van der Waals surface area contributed by atoms with Crippen LogP contribution in [0.15, 0.2) is 0 Å². The van der Waals surface area contributed by atoms with Crippen molar-refractivity contribution in [2.24, 2.45) is 5.92 Å². The fraction of sp³-hybridized carbons (Fsp3) is 0.857. The topological polar surface area (TPSA) is 58.6 Å². The predicted octanol–water partition coefficient (Wildman–Crippen LogP) is 1.00. The molecule has 0 aromatic rings. The number of carbonyl (C=O) groups is 1. The van der Waals surface area contributed by atoms with Crippen molar-refractivity contribution in [1.29, 1.82) is 0 Å². The van der Waals surface area contributed by atoms with Crippen molar-refractivity contribution in [3.63, 3.8) is 0 Å². The van der Waals surface area contributed by atoms with E-state index in [-0.39, 0.29) is 11.9 Å². The SMILES string of the molecule is O=C(ONO)C1CCCCC1. The second kappa shape index (κ2) is 4.31. The lowest BCUT2D eigenvalue weighted by Gasteiger charge is -2.18. The Morgan fingerprint density at radius 2 is 2.00 bits per heavy atom. The van der Waals surface area contributed by atoms with Crippen molar-refractivity contribution in [3.05, 3.63) is 0 Å². The highest BCUT2D eigenvalue weighted by atomic mass is 16.9. The molecule has 0 radical (unpaired) electrons. The highest BCUT2D eigenvalue weighted by Crippen LogP contribution is 2.24. The molecular weight excluding hydrogens is 146 g/mol. The van der Waals surface area contributed by atoms with Gasteiger partial charge in [-0.2, -0.15) is 0 Å². The van der Waals surface area contributed by atoms with Crippen LogP contribution in [-0.2, 0) is 9.63 Å². The second-order valence-corrected chi connectivity index (χ2v) is 2.85. The molecule has 1 fully saturated rings. The van der Waals surface area contributed by atoms with Gasteiger partial charge in [0, 0.05) is 0 Å². The zero-order valence-electron chi connectivity index (χ0n) is 6.38. The molecule has 0 spiro atoms. The van der Waals surface area contributed by atoms with Crippen molar-refractivity contribution < 1.29 is 14.8 Å². The maximum atomic E-state index is 11.0. The number of hydrogen-bond acceptors (Lipinski definition) is 4. The van der Waals surface area contributed by atoms with Crippen LogP contribution in [0.2, 0.25) is 0 Å². The molecule has 0 unspecified atom stereocenters. The molecule has 1 aliphatic rings. The van der Waals surface area contributed by atoms with Gasteiger partial charge in [0.25, 0.3) is 0 Å². The first-order valence-corrected chi connectivity index (χ1v) is 3.94. The van der Waals surface area contributed by atoms with Gasteiger partial charge >= 0.3 is 5.97 Å². The largest absolute Gasteiger partial charge is 0.345 e. The highest BCUT2D eigenvalue weighted by Gasteiger charge is 2.22. The van der Waals surface area contributed by atoms with Gasteiger partial charge in [-0.1, -0.05) is 19.3 Å². The van der Waals surface area contributed by atoms with E-state index < -0.39 is 0 Å². The molecule has 64 valence electrons. The molecule has 0 atom stereocenters. The summed E-state index contributed by atoms with van der Waals surface area (Å²) in [6.45, 7) is 0. The average molecular weight is 159 g/mol. The van der Waals surface area contributed by atoms with Gasteiger partial charge in [-0.15, -0.1) is 0 Å². The van der Waals surface area contributed by atoms with Crippen molar-refractivity contribution in [2.45, 2.75) is 32.1 Å². The minimum absolute atomic E-state index is 0.0107. The Morgan fingerprint density at radius 1 is 1.36 bits per heavy atom. The molecule has 11 heavy (non-hydrogen) atoms. The zero-order chi connectivity index (χ0) is 8.10. The van der Waals surface area contributed by atoms with Crippen LogP contribution >= 0.6 is 0 Å². The Hall–Kier alpha value is -0.610. The Bertz CT molecular complexity index is 132. The molecule has 0 aromatic carbocycles. The maximum absolute atomic E-state index is 11.0. The standard InChI is InChI=1S/C7H13NO3/c9-7(11-8-10)6-4-2-1-3-5-6/h6,8,10H,1-5H2. The molecule has 0 bridgehead atoms. The third kappa shape index (κ3) is 2.48. The molecular formula is C7H13NO3. The van der Waals surface area contributed by atoms with E-state index in [0.717, 1.165) is 25.7 Å². The van der Waals surface area contributed by atoms with Gasteiger partial charge in [0.15, 0.2) is 0 Å². The second-order valence-electron chi connectivity index (χ2n) is 2.85. The molecule has 4 heteroatoms. The molecule has 0 aromatic heterocycles. The van der Waals surface area contributed by atoms with E-state index in [0.29, 0.717) is 0 Å². The van der Waals surface area contributed by atoms with Gasteiger partial charge in [0.2, 0.25) is 0 Å². The Labute approximate surface area is 65.5 Å². The molecule has 0 heterocycles. The molecule has 1 aliphatic carbocycles. The first-order valence-electron chi connectivity index (χ1n) is 3.94. The summed E-state index contributed by atoms with van der Waals surface area (Å²) in [5.74, 6) is -0.351. The fourth-order valence-electron chi connectivity index (χ4n) is 1.47. The van der Waals surface area contributed by atoms with Crippen molar-refractivity contribution in [3.8, 4) is 0 Å². The Kier molecular flexibility index (Phi) is 3.32. The fourth-order valence-corrected chi connectivity index (χ4v) is 1.47. The van der Waals surface area contributed by atoms with Crippen molar-refractivity contribution in [1.82, 2.24) is 5.64 Å². The minimum atomic E-state index is -0.341. The minimum Gasteiger partial charge on any atom is -0.345 e. The van der Waals surface area contributed by atoms with Crippen LogP contribution in [0.1, 0.15) is 32.1 Å². The summed E-state index contributed by atoms with van der Waals surface area (Å²) in [5.41, 5.74) is 1.42. The quantitative estimate of drug-likeness (QED) is 0.590. The normalized spacial score (nSPS) is 19.7. The number of carbonyl (C=O) groups excluding carboxylic acids is 1. The molecule has 0 saturated heterocycles. The first kappa shape index (κ1) is 8.49. The molecule has 0 aliphatic heterocycles. The summed E-state index contributed by atoms with van der Waals surface area (Å²) in [4.78, 5) is 15.2. The summed E-state index contributed by atoms with van der Waals surface area (Å²) in [7, 11) is 0. The lowest BCUT2D eigenvalue weighted by Crippen LogP contribution is -2.25. The van der Waals surface area contributed by atoms with E-state index in [4.69, 9.17) is 5.21 Å². The van der Waals surface area contributed by atoms with E-state index in [1.807, 2.05) is 0 Å². The smallest absolute Gasteiger partial charge is 0.330 e. The van der Waals surface area contributed by atoms with Gasteiger partial charge in [0.05, 0.1) is 5.92 Å². The van der Waals surface area contributed by atoms with E-state index in [1.54, 1.807) is 0 Å². The molecule has 1 rings (SSSR count). The van der Waals surface area contributed by atoms with E-state index >= 15 is 0 Å². The van der Waals surface area contributed by atoms with Gasteiger partial charge in [-0.3, -0.25) is 5.21 Å². The Balaban J connectivity index is 2.27. The summed E-state index contributed by atoms with van der Waals surface area (Å²) in [5, 5.41) is 8.07. The summed E-state index contributed by atoms with van der Waals surface area (Å²) in [6.07, 6.45) is 5.16. The van der Waals surface area contributed by atoms with Crippen molar-refractivity contribution >= 4 is 5.97 Å². The van der Waals surface area contributed by atoms with Crippen LogP contribution < -0.4 is 5.64 Å². The van der Waals surface area contributed by atoms with Crippen LogP contribution in [0, 0.1) is 5.92 Å². The van der Waals surface area contributed by atoms with E-state index in [1.165, 1.54) is 12.1 Å². The van der Waals surface area contributed by atoms with Crippen LogP contribution in [0.25, 0.3) is 0 Å². The van der Waals surface area contributed by atoms with Gasteiger partial charge in [-0.25, -0.2) is 4.79 Å². The van der Waals surface area contributed by atoms with Crippen molar-refractivity contribution in [2.75, 3.05) is 0 Å². The van der Waals surface area contributed by atoms with Crippen LogP contribution in [0.5, 0.6) is 0 Å². The molecule has 0 amide bonds. The number of rotatable bonds is 2. The van der Waals surface area contributed by atoms with E-state index in [9.17, 15) is 4.79 Å². The summed E-state index contributed by atoms with van der Waals surface area (Å²) < 4.78 is 0. The Morgan fingerprint density at radius 3 is 2.55 bits per heavy atom. The molecule has 2 N–H and O–H groups in total. The monoisotopic (exact) mass is 159 g/mol. The lowest BCUT2D eigenvalue weighted by atomic mass is 9.89. The summed E-state index contributed by atoms with van der Waals surface area (Å²) >= 11 is 0. The predicted molar refractivity (Wildman–Crippen MR) is 37.6 cm³/mol. The van der Waals surface area contributed by atoms with E-state index in [2.05, 4.69) is 4.84 Å². The van der Waals surface area contributed by atoms with Gasteiger partial charge in [-0.05, 0) is 18.5 Å². The van der Waals surface area contributed by atoms with Gasteiger partial charge in [0.1, 0.15) is 0 Å². The summed E-state index contributed by atoms with van der Waals surface area (Å²) in [6, 6.07) is 0. The lowest BCUT2D eigenvalue weighted by molar-refractivity contribution is -0.182. The van der Waals surface area contributed by atoms with Crippen LogP contribution in [0.4, 0.5) is 0 Å². The molecule has 1 saturated carbocycles. The van der Waals surface area contributed by atoms with Gasteiger partial charge < -0.3 is 4.84 Å². The molecule has 4 nitrogen and oxygen atoms in total. The highest BCUT2D eigenvalue weighted by molar-refractivity contribution is 5.72.